The van der Waals surface area contributed by atoms with Crippen LogP contribution in [-0.4, -0.2) is 0 Å². The highest BCUT2D eigenvalue weighted by atomic mass is 19.1. The summed E-state index contributed by atoms with van der Waals surface area (Å²) in [5, 5.41) is 8.87. The van der Waals surface area contributed by atoms with E-state index in [0.29, 0.717) is 5.56 Å². The van der Waals surface area contributed by atoms with Crippen molar-refractivity contribution in [1.82, 2.24) is 0 Å². The minimum Gasteiger partial charge on any atom is -0.205 e. The van der Waals surface area contributed by atoms with Crippen molar-refractivity contribution in [3.63, 3.8) is 0 Å². The van der Waals surface area contributed by atoms with E-state index in [0.717, 1.165) is 23.1 Å². The van der Waals surface area contributed by atoms with E-state index in [1.807, 2.05) is 24.3 Å². The lowest BCUT2D eigenvalue weighted by molar-refractivity contribution is 0.577. The summed E-state index contributed by atoms with van der Waals surface area (Å²) in [6, 6.07) is 19.9. The number of hydrogen-bond donors (Lipinski definition) is 0. The van der Waals surface area contributed by atoms with Gasteiger partial charge in [-0.2, -0.15) is 5.26 Å². The quantitative estimate of drug-likeness (QED) is 0.438. The molecule has 0 aliphatic rings. The second kappa shape index (κ2) is 8.60. The van der Waals surface area contributed by atoms with Gasteiger partial charge in [-0.3, -0.25) is 0 Å². The van der Waals surface area contributed by atoms with Crippen molar-refractivity contribution >= 4 is 0 Å². The number of nitriles is 1. The Balaban J connectivity index is 1.97. The van der Waals surface area contributed by atoms with Crippen molar-refractivity contribution in [2.45, 2.75) is 32.6 Å². The van der Waals surface area contributed by atoms with E-state index in [2.05, 4.69) is 31.2 Å². The van der Waals surface area contributed by atoms with Crippen LogP contribution in [0.5, 0.6) is 0 Å². The molecule has 0 aliphatic carbocycles. The molecule has 0 bridgehead atoms. The van der Waals surface area contributed by atoms with Gasteiger partial charge in [0, 0.05) is 0 Å². The molecule has 0 saturated heterocycles. The molecule has 27 heavy (non-hydrogen) atoms. The third-order valence-corrected chi connectivity index (χ3v) is 4.73. The van der Waals surface area contributed by atoms with Crippen LogP contribution in [-0.2, 0) is 6.42 Å². The van der Waals surface area contributed by atoms with Gasteiger partial charge in [0.2, 0.25) is 0 Å². The van der Waals surface area contributed by atoms with Crippen LogP contribution in [0.25, 0.3) is 22.3 Å². The molecule has 136 valence electrons. The van der Waals surface area contributed by atoms with Crippen molar-refractivity contribution in [2.24, 2.45) is 0 Å². The van der Waals surface area contributed by atoms with Crippen LogP contribution in [0.1, 0.15) is 37.3 Å². The highest BCUT2D eigenvalue weighted by molar-refractivity contribution is 5.83. The summed E-state index contributed by atoms with van der Waals surface area (Å²) >= 11 is 0. The van der Waals surface area contributed by atoms with Crippen molar-refractivity contribution in [3.05, 3.63) is 83.4 Å². The van der Waals surface area contributed by atoms with Gasteiger partial charge >= 0.3 is 0 Å². The Morgan fingerprint density at radius 2 is 1.41 bits per heavy atom. The van der Waals surface area contributed by atoms with Crippen LogP contribution in [0.15, 0.2) is 60.7 Å². The van der Waals surface area contributed by atoms with Gasteiger partial charge in [-0.15, -0.1) is 0 Å². The van der Waals surface area contributed by atoms with E-state index in [-0.39, 0.29) is 0 Å². The molecule has 3 heteroatoms. The van der Waals surface area contributed by atoms with Crippen molar-refractivity contribution in [2.75, 3.05) is 0 Å². The molecule has 0 saturated carbocycles. The van der Waals surface area contributed by atoms with E-state index in [1.165, 1.54) is 37.0 Å². The summed E-state index contributed by atoms with van der Waals surface area (Å²) in [5.41, 5.74) is 3.80. The Kier molecular flexibility index (Phi) is 5.98. The van der Waals surface area contributed by atoms with Crippen LogP contribution in [0.2, 0.25) is 0 Å². The molecule has 0 amide bonds. The van der Waals surface area contributed by atoms with Gasteiger partial charge in [0.1, 0.15) is 23.3 Å². The van der Waals surface area contributed by atoms with Crippen LogP contribution < -0.4 is 0 Å². The maximum absolute atomic E-state index is 14.1. The zero-order valence-electron chi connectivity index (χ0n) is 15.3. The smallest absolute Gasteiger partial charge is 0.144 e. The average molecular weight is 361 g/mol. The highest BCUT2D eigenvalue weighted by Gasteiger charge is 2.14. The van der Waals surface area contributed by atoms with Crippen LogP contribution in [0, 0.1) is 23.0 Å². The molecule has 0 spiro atoms. The number of rotatable bonds is 6. The molecular weight excluding hydrogens is 340 g/mol. The Bertz CT molecular complexity index is 945. The Labute approximate surface area is 158 Å². The van der Waals surface area contributed by atoms with E-state index < -0.39 is 17.2 Å². The van der Waals surface area contributed by atoms with Crippen molar-refractivity contribution in [3.8, 4) is 28.3 Å². The fraction of sp³-hybridized carbons (Fsp3) is 0.208. The third kappa shape index (κ3) is 4.23. The fourth-order valence-electron chi connectivity index (χ4n) is 3.25. The lowest BCUT2D eigenvalue weighted by atomic mass is 9.93. The lowest BCUT2D eigenvalue weighted by Gasteiger charge is -2.12. The highest BCUT2D eigenvalue weighted by Crippen LogP contribution is 2.33. The van der Waals surface area contributed by atoms with Gasteiger partial charge in [0.25, 0.3) is 0 Å². The summed E-state index contributed by atoms with van der Waals surface area (Å²) in [5.74, 6) is -1.68. The second-order valence-corrected chi connectivity index (χ2v) is 6.63. The number of halogens is 2. The molecule has 0 unspecified atom stereocenters. The number of hydrogen-bond acceptors (Lipinski definition) is 1. The van der Waals surface area contributed by atoms with E-state index in [4.69, 9.17) is 5.26 Å². The van der Waals surface area contributed by atoms with Crippen LogP contribution in [0.4, 0.5) is 8.78 Å². The molecule has 0 aromatic heterocycles. The summed E-state index contributed by atoms with van der Waals surface area (Å²) in [6.45, 7) is 2.19. The molecule has 3 rings (SSSR count). The molecule has 3 aromatic carbocycles. The fourth-order valence-corrected chi connectivity index (χ4v) is 3.25. The molecule has 0 radical (unpaired) electrons. The Morgan fingerprint density at radius 3 is 1.96 bits per heavy atom. The maximum Gasteiger partial charge on any atom is 0.144 e. The first-order valence-corrected chi connectivity index (χ1v) is 9.22. The third-order valence-electron chi connectivity index (χ3n) is 4.73. The summed E-state index contributed by atoms with van der Waals surface area (Å²) < 4.78 is 28.1. The van der Waals surface area contributed by atoms with Gasteiger partial charge < -0.3 is 0 Å². The van der Waals surface area contributed by atoms with Crippen molar-refractivity contribution < 1.29 is 8.78 Å². The first kappa shape index (κ1) is 18.8. The summed E-state index contributed by atoms with van der Waals surface area (Å²) in [4.78, 5) is 0. The standard InChI is InChI=1S/C24H21F2N/c1-2-3-4-7-17-10-12-18(13-11-17)20-8-5-6-9-21(20)19-14-23(25)22(16-27)24(26)15-19/h5-6,8-15H,2-4,7H2,1H3. The van der Waals surface area contributed by atoms with Gasteiger partial charge in [0.05, 0.1) is 0 Å². The molecular formula is C24H21F2N. The van der Waals surface area contributed by atoms with Crippen LogP contribution in [0.3, 0.4) is 0 Å². The van der Waals surface area contributed by atoms with E-state index in [9.17, 15) is 8.78 Å². The molecule has 0 atom stereocenters. The number of nitrogens with zero attached hydrogens (tertiary/aromatic N) is 1. The minimum atomic E-state index is -0.839. The second-order valence-electron chi connectivity index (χ2n) is 6.63. The largest absolute Gasteiger partial charge is 0.205 e. The van der Waals surface area contributed by atoms with Gasteiger partial charge in [-0.1, -0.05) is 68.3 Å². The van der Waals surface area contributed by atoms with Gasteiger partial charge in [0.15, 0.2) is 0 Å². The van der Waals surface area contributed by atoms with Gasteiger partial charge in [-0.25, -0.2) is 8.78 Å². The number of aryl methyl sites for hydroxylation is 1. The van der Waals surface area contributed by atoms with E-state index >= 15 is 0 Å². The first-order valence-electron chi connectivity index (χ1n) is 9.22. The van der Waals surface area contributed by atoms with E-state index in [1.54, 1.807) is 6.07 Å². The zero-order valence-corrected chi connectivity index (χ0v) is 15.3. The Morgan fingerprint density at radius 1 is 0.815 bits per heavy atom. The molecule has 0 fully saturated rings. The molecule has 0 aliphatic heterocycles. The summed E-state index contributed by atoms with van der Waals surface area (Å²) in [6.07, 6.45) is 4.65. The van der Waals surface area contributed by atoms with Crippen molar-refractivity contribution in [1.29, 1.82) is 5.26 Å². The van der Waals surface area contributed by atoms with Gasteiger partial charge in [-0.05, 0) is 52.8 Å². The maximum atomic E-state index is 14.1. The number of unbranched alkanes of at least 4 members (excludes halogenated alkanes) is 2. The lowest BCUT2D eigenvalue weighted by Crippen LogP contribution is -1.93. The summed E-state index contributed by atoms with van der Waals surface area (Å²) in [7, 11) is 0. The molecule has 0 heterocycles. The molecule has 0 N–H and O–H groups in total. The Hall–Kier alpha value is -2.99. The molecule has 3 aromatic rings. The SMILES string of the molecule is CCCCCc1ccc(-c2ccccc2-c2cc(F)c(C#N)c(F)c2)cc1. The minimum absolute atomic E-state index is 0.423. The zero-order chi connectivity index (χ0) is 19.2. The predicted molar refractivity (Wildman–Crippen MR) is 105 cm³/mol. The average Bonchev–Trinajstić information content (AvgIpc) is 2.68. The monoisotopic (exact) mass is 361 g/mol. The molecule has 1 nitrogen and oxygen atoms in total. The topological polar surface area (TPSA) is 23.8 Å². The predicted octanol–water partition coefficient (Wildman–Crippen LogP) is 6.90. The van der Waals surface area contributed by atoms with Crippen LogP contribution >= 0.6 is 0 Å². The first-order chi connectivity index (χ1) is 13.1. The normalized spacial score (nSPS) is 10.6. The number of benzene rings is 3.